The van der Waals surface area contributed by atoms with E-state index in [2.05, 4.69) is 0 Å². The van der Waals surface area contributed by atoms with Crippen LogP contribution in [-0.4, -0.2) is 11.1 Å². The van der Waals surface area contributed by atoms with Crippen LogP contribution in [0, 0.1) is 17.0 Å². The average Bonchev–Trinajstić information content (AvgIpc) is 2.13. The Labute approximate surface area is 96.8 Å². The fraction of sp³-hybridized carbons (Fsp3) is 0.364. The van der Waals surface area contributed by atoms with Gasteiger partial charge >= 0.3 is 5.97 Å². The molecule has 16 heavy (non-hydrogen) atoms. The molecule has 0 aromatic heterocycles. The van der Waals surface area contributed by atoms with Gasteiger partial charge in [0, 0.05) is 0 Å². The van der Waals surface area contributed by atoms with Crippen LogP contribution in [0.5, 0.6) is 0 Å². The van der Waals surface area contributed by atoms with Crippen molar-refractivity contribution >= 4 is 17.6 Å². The van der Waals surface area contributed by atoms with E-state index in [4.69, 9.17) is 16.7 Å². The van der Waals surface area contributed by atoms with Gasteiger partial charge < -0.3 is 5.11 Å². The minimum atomic E-state index is -1.11. The lowest BCUT2D eigenvalue weighted by Gasteiger charge is -2.19. The predicted molar refractivity (Wildman–Crippen MR) is 56.5 cm³/mol. The summed E-state index contributed by atoms with van der Waals surface area (Å²) in [5.74, 6) is -3.18. The summed E-state index contributed by atoms with van der Waals surface area (Å²) in [4.78, 5) is 10.9. The number of aliphatic carboxylic acids is 1. The van der Waals surface area contributed by atoms with E-state index in [1.54, 1.807) is 0 Å². The van der Waals surface area contributed by atoms with E-state index in [9.17, 15) is 13.6 Å². The van der Waals surface area contributed by atoms with E-state index in [0.717, 1.165) is 6.07 Å². The van der Waals surface area contributed by atoms with E-state index in [-0.39, 0.29) is 11.4 Å². The third kappa shape index (κ3) is 2.70. The zero-order valence-electron chi connectivity index (χ0n) is 8.85. The monoisotopic (exact) mass is 248 g/mol. The highest BCUT2D eigenvalue weighted by molar-refractivity contribution is 6.30. The quantitative estimate of drug-likeness (QED) is 0.834. The van der Waals surface area contributed by atoms with Gasteiger partial charge in [-0.2, -0.15) is 0 Å². The molecule has 0 saturated carbocycles. The lowest BCUT2D eigenvalue weighted by atomic mass is 9.86. The summed E-state index contributed by atoms with van der Waals surface area (Å²) in [5.41, 5.74) is -0.690. The zero-order chi connectivity index (χ0) is 12.5. The smallest absolute Gasteiger partial charge is 0.309 e. The summed E-state index contributed by atoms with van der Waals surface area (Å²) in [6, 6.07) is 2.20. The van der Waals surface area contributed by atoms with Gasteiger partial charge in [-0.3, -0.25) is 4.79 Å². The number of carboxylic acids is 1. The van der Waals surface area contributed by atoms with Gasteiger partial charge in [0.25, 0.3) is 0 Å². The molecule has 0 amide bonds. The van der Waals surface area contributed by atoms with Crippen molar-refractivity contribution < 1.29 is 18.7 Å². The minimum Gasteiger partial charge on any atom is -0.481 e. The number of hydrogen-bond donors (Lipinski definition) is 1. The molecule has 1 aromatic carbocycles. The maximum Gasteiger partial charge on any atom is 0.309 e. The molecule has 88 valence electrons. The number of rotatable bonds is 3. The summed E-state index contributed by atoms with van der Waals surface area (Å²) in [6.07, 6.45) is 0.0826. The molecule has 0 radical (unpaired) electrons. The molecule has 2 nitrogen and oxygen atoms in total. The van der Waals surface area contributed by atoms with Crippen molar-refractivity contribution in [1.29, 1.82) is 0 Å². The SMILES string of the molecule is CC(C)(Cc1cc(F)c(F)c(Cl)c1)C(=O)O. The van der Waals surface area contributed by atoms with Crippen LogP contribution in [0.15, 0.2) is 12.1 Å². The Morgan fingerprint density at radius 1 is 1.44 bits per heavy atom. The number of carbonyl (C=O) groups is 1. The Morgan fingerprint density at radius 3 is 2.44 bits per heavy atom. The number of halogens is 3. The maximum atomic E-state index is 13.0. The van der Waals surface area contributed by atoms with Crippen LogP contribution in [-0.2, 0) is 11.2 Å². The first-order valence-corrected chi connectivity index (χ1v) is 4.98. The average molecular weight is 249 g/mol. The molecule has 0 unspecified atom stereocenters. The van der Waals surface area contributed by atoms with Crippen molar-refractivity contribution in [3.8, 4) is 0 Å². The molecule has 1 aromatic rings. The molecule has 0 heterocycles. The molecule has 0 spiro atoms. The third-order valence-electron chi connectivity index (χ3n) is 2.27. The Kier molecular flexibility index (Phi) is 3.53. The van der Waals surface area contributed by atoms with Crippen molar-refractivity contribution in [1.82, 2.24) is 0 Å². The van der Waals surface area contributed by atoms with E-state index >= 15 is 0 Å². The second-order valence-electron chi connectivity index (χ2n) is 4.24. The first kappa shape index (κ1) is 12.9. The predicted octanol–water partition coefficient (Wildman–Crippen LogP) is 3.27. The molecular formula is C11H11ClF2O2. The molecule has 0 aliphatic rings. The van der Waals surface area contributed by atoms with Crippen LogP contribution < -0.4 is 0 Å². The maximum absolute atomic E-state index is 13.0. The Balaban J connectivity index is 3.04. The zero-order valence-corrected chi connectivity index (χ0v) is 9.61. The fourth-order valence-corrected chi connectivity index (χ4v) is 1.53. The van der Waals surface area contributed by atoms with Gasteiger partial charge in [-0.05, 0) is 38.0 Å². The third-order valence-corrected chi connectivity index (χ3v) is 2.54. The number of carboxylic acid groups (broad SMARTS) is 1. The Bertz CT molecular complexity index is 407. The molecule has 0 aliphatic heterocycles. The van der Waals surface area contributed by atoms with Crippen LogP contribution in [0.4, 0.5) is 8.78 Å². The molecule has 0 fully saturated rings. The lowest BCUT2D eigenvalue weighted by molar-refractivity contribution is -0.146. The van der Waals surface area contributed by atoms with E-state index in [1.807, 2.05) is 0 Å². The van der Waals surface area contributed by atoms with Crippen LogP contribution in [0.2, 0.25) is 5.02 Å². The van der Waals surface area contributed by atoms with Gasteiger partial charge in [0.15, 0.2) is 11.6 Å². The normalized spacial score (nSPS) is 11.6. The van der Waals surface area contributed by atoms with Gasteiger partial charge in [0.05, 0.1) is 10.4 Å². The standard InChI is InChI=1S/C11H11ClF2O2/c1-11(2,10(15)16)5-6-3-7(12)9(14)8(13)4-6/h3-4H,5H2,1-2H3,(H,15,16). The van der Waals surface area contributed by atoms with Gasteiger partial charge in [-0.15, -0.1) is 0 Å². The topological polar surface area (TPSA) is 37.3 Å². The van der Waals surface area contributed by atoms with Crippen molar-refractivity contribution in [2.75, 3.05) is 0 Å². The molecule has 0 saturated heterocycles. The Hall–Kier alpha value is -1.16. The molecule has 5 heteroatoms. The molecule has 1 N–H and O–H groups in total. The number of benzene rings is 1. The summed E-state index contributed by atoms with van der Waals surface area (Å²) >= 11 is 5.47. The van der Waals surface area contributed by atoms with Gasteiger partial charge in [-0.25, -0.2) is 8.78 Å². The number of hydrogen-bond acceptors (Lipinski definition) is 1. The van der Waals surface area contributed by atoms with E-state index < -0.39 is 23.0 Å². The van der Waals surface area contributed by atoms with Crippen LogP contribution in [0.25, 0.3) is 0 Å². The van der Waals surface area contributed by atoms with Gasteiger partial charge in [0.2, 0.25) is 0 Å². The van der Waals surface area contributed by atoms with Gasteiger partial charge in [0.1, 0.15) is 0 Å². The van der Waals surface area contributed by atoms with Crippen molar-refractivity contribution in [3.63, 3.8) is 0 Å². The largest absolute Gasteiger partial charge is 0.481 e. The Morgan fingerprint density at radius 2 is 2.00 bits per heavy atom. The summed E-state index contributed by atoms with van der Waals surface area (Å²) in [5, 5.41) is 8.56. The summed E-state index contributed by atoms with van der Waals surface area (Å²) in [6.45, 7) is 3.01. The highest BCUT2D eigenvalue weighted by Gasteiger charge is 2.28. The van der Waals surface area contributed by atoms with Crippen molar-refractivity contribution in [2.24, 2.45) is 5.41 Å². The summed E-state index contributed by atoms with van der Waals surface area (Å²) in [7, 11) is 0. The highest BCUT2D eigenvalue weighted by Crippen LogP contribution is 2.26. The first-order valence-electron chi connectivity index (χ1n) is 4.61. The molecular weight excluding hydrogens is 238 g/mol. The first-order chi connectivity index (χ1) is 7.24. The summed E-state index contributed by atoms with van der Waals surface area (Å²) < 4.78 is 25.9. The van der Waals surface area contributed by atoms with Crippen molar-refractivity contribution in [2.45, 2.75) is 20.3 Å². The van der Waals surface area contributed by atoms with E-state index in [1.165, 1.54) is 19.9 Å². The second kappa shape index (κ2) is 4.37. The fourth-order valence-electron chi connectivity index (χ4n) is 1.30. The molecule has 0 aliphatic carbocycles. The van der Waals surface area contributed by atoms with Crippen LogP contribution >= 0.6 is 11.6 Å². The second-order valence-corrected chi connectivity index (χ2v) is 4.65. The van der Waals surface area contributed by atoms with Crippen LogP contribution in [0.1, 0.15) is 19.4 Å². The molecule has 1 rings (SSSR count). The molecule has 0 atom stereocenters. The van der Waals surface area contributed by atoms with Gasteiger partial charge in [-0.1, -0.05) is 11.6 Å². The minimum absolute atomic E-state index is 0.0826. The lowest BCUT2D eigenvalue weighted by Crippen LogP contribution is -2.26. The van der Waals surface area contributed by atoms with Crippen molar-refractivity contribution in [3.05, 3.63) is 34.4 Å². The van der Waals surface area contributed by atoms with Crippen LogP contribution in [0.3, 0.4) is 0 Å². The molecule has 0 bridgehead atoms. The highest BCUT2D eigenvalue weighted by atomic mass is 35.5. The van der Waals surface area contributed by atoms with E-state index in [0.29, 0.717) is 5.56 Å².